The Morgan fingerprint density at radius 2 is 1.74 bits per heavy atom. The maximum absolute atomic E-state index is 14.0. The minimum absolute atomic E-state index is 0.0405. The molecule has 200 valence electrons. The summed E-state index contributed by atoms with van der Waals surface area (Å²) >= 11 is 4.97. The molecule has 0 amide bonds. The predicted octanol–water partition coefficient (Wildman–Crippen LogP) is 5.87. The lowest BCUT2D eigenvalue weighted by atomic mass is 9.75. The topological polar surface area (TPSA) is 65.1 Å². The molecule has 1 aliphatic heterocycles. The molecule has 0 saturated heterocycles. The van der Waals surface area contributed by atoms with Crippen LogP contribution in [0.3, 0.4) is 0 Å². The van der Waals surface area contributed by atoms with Crippen molar-refractivity contribution in [1.82, 2.24) is 4.90 Å². The molecule has 2 saturated carbocycles. The highest BCUT2D eigenvalue weighted by Crippen LogP contribution is 2.45. The number of likely N-dealkylation sites (N-methyl/N-ethyl adjacent to an activating group) is 1. The molecule has 0 aromatic rings. The Kier molecular flexibility index (Phi) is 12.1. The zero-order valence-electron chi connectivity index (χ0n) is 21.8. The SMILES string of the molecule is CC[C@H](C)OC(=O)CC1=C(C(=O)C2CC(I)C(OCCN(CC)CC)C(I)C2)C2CCCCC2O1. The second kappa shape index (κ2) is 14.3. The van der Waals surface area contributed by atoms with E-state index in [1.54, 1.807) is 0 Å². The Bertz CT molecular complexity index is 744. The van der Waals surface area contributed by atoms with E-state index in [-0.39, 0.29) is 56.2 Å². The summed E-state index contributed by atoms with van der Waals surface area (Å²) in [5, 5.41) is 0. The van der Waals surface area contributed by atoms with E-state index in [1.807, 2.05) is 13.8 Å². The molecule has 0 spiro atoms. The summed E-state index contributed by atoms with van der Waals surface area (Å²) in [5.74, 6) is 0.595. The Hall–Kier alpha value is 0.0600. The first-order valence-corrected chi connectivity index (χ1v) is 16.0. The third kappa shape index (κ3) is 7.78. The number of carbonyl (C=O) groups excluding carboxylic acids is 2. The van der Waals surface area contributed by atoms with Gasteiger partial charge >= 0.3 is 5.97 Å². The number of rotatable bonds is 12. The Morgan fingerprint density at radius 3 is 2.37 bits per heavy atom. The Balaban J connectivity index is 1.68. The van der Waals surface area contributed by atoms with E-state index in [9.17, 15) is 9.59 Å². The fraction of sp³-hybridized carbons (Fsp3) is 0.852. The van der Waals surface area contributed by atoms with Gasteiger partial charge in [-0.2, -0.15) is 0 Å². The first kappa shape index (κ1) is 29.6. The molecule has 0 N–H and O–H groups in total. The van der Waals surface area contributed by atoms with Gasteiger partial charge in [0, 0.05) is 31.8 Å². The molecule has 3 rings (SSSR count). The number of alkyl halides is 2. The third-order valence-electron chi connectivity index (χ3n) is 7.86. The second-order valence-electron chi connectivity index (χ2n) is 10.2. The van der Waals surface area contributed by atoms with Gasteiger partial charge < -0.3 is 19.1 Å². The second-order valence-corrected chi connectivity index (χ2v) is 13.4. The van der Waals surface area contributed by atoms with E-state index in [0.29, 0.717) is 5.76 Å². The summed E-state index contributed by atoms with van der Waals surface area (Å²) in [6, 6.07) is 0. The zero-order valence-corrected chi connectivity index (χ0v) is 26.1. The Morgan fingerprint density at radius 1 is 1.09 bits per heavy atom. The molecular formula is C27H43I2NO5. The van der Waals surface area contributed by atoms with Gasteiger partial charge in [-0.15, -0.1) is 0 Å². The number of Topliss-reactive ketones (excluding diaryl/α,β-unsaturated/α-hetero) is 1. The van der Waals surface area contributed by atoms with Crippen LogP contribution in [0.2, 0.25) is 0 Å². The number of hydrogen-bond donors (Lipinski definition) is 0. The maximum atomic E-state index is 14.0. The smallest absolute Gasteiger partial charge is 0.313 e. The highest BCUT2D eigenvalue weighted by atomic mass is 127. The van der Waals surface area contributed by atoms with Gasteiger partial charge in [0.25, 0.3) is 0 Å². The van der Waals surface area contributed by atoms with Crippen LogP contribution in [0.1, 0.15) is 79.1 Å². The van der Waals surface area contributed by atoms with E-state index in [0.717, 1.165) is 76.8 Å². The molecule has 2 aliphatic carbocycles. The average Bonchev–Trinajstić information content (AvgIpc) is 3.19. The minimum Gasteiger partial charge on any atom is -0.493 e. The highest BCUT2D eigenvalue weighted by molar-refractivity contribution is 14.1. The first-order chi connectivity index (χ1) is 16.8. The van der Waals surface area contributed by atoms with Crippen LogP contribution in [0.15, 0.2) is 11.3 Å². The lowest BCUT2D eigenvalue weighted by molar-refractivity contribution is -0.148. The molecule has 3 aliphatic rings. The van der Waals surface area contributed by atoms with Gasteiger partial charge in [-0.25, -0.2) is 0 Å². The summed E-state index contributed by atoms with van der Waals surface area (Å²) in [4.78, 5) is 28.9. The molecule has 6 nitrogen and oxygen atoms in total. The van der Waals surface area contributed by atoms with Crippen LogP contribution < -0.4 is 0 Å². The van der Waals surface area contributed by atoms with Crippen LogP contribution in [0, 0.1) is 11.8 Å². The molecule has 0 aromatic heterocycles. The van der Waals surface area contributed by atoms with Gasteiger partial charge in [0.1, 0.15) is 18.3 Å². The summed E-state index contributed by atoms with van der Waals surface area (Å²) in [6.45, 7) is 12.0. The van der Waals surface area contributed by atoms with Gasteiger partial charge in [0.15, 0.2) is 5.78 Å². The van der Waals surface area contributed by atoms with Gasteiger partial charge in [-0.05, 0) is 58.5 Å². The van der Waals surface area contributed by atoms with Crippen LogP contribution >= 0.6 is 45.2 Å². The quantitative estimate of drug-likeness (QED) is 0.143. The van der Waals surface area contributed by atoms with E-state index < -0.39 is 0 Å². The van der Waals surface area contributed by atoms with Crippen LogP contribution in [0.25, 0.3) is 0 Å². The molecule has 0 radical (unpaired) electrons. The molecule has 0 bridgehead atoms. The van der Waals surface area contributed by atoms with Crippen molar-refractivity contribution in [3.8, 4) is 0 Å². The van der Waals surface area contributed by atoms with Crippen molar-refractivity contribution in [2.75, 3.05) is 26.2 Å². The number of esters is 1. The summed E-state index contributed by atoms with van der Waals surface area (Å²) in [6.07, 6.45) is 6.74. The molecule has 8 heteroatoms. The monoisotopic (exact) mass is 715 g/mol. The molecule has 35 heavy (non-hydrogen) atoms. The number of fused-ring (bicyclic) bond motifs is 1. The predicted molar refractivity (Wildman–Crippen MR) is 155 cm³/mol. The number of hydrogen-bond acceptors (Lipinski definition) is 6. The largest absolute Gasteiger partial charge is 0.493 e. The van der Waals surface area contributed by atoms with Crippen LogP contribution in [0.5, 0.6) is 0 Å². The lowest BCUT2D eigenvalue weighted by Crippen LogP contribution is -2.44. The molecular weight excluding hydrogens is 672 g/mol. The minimum atomic E-state index is -0.290. The van der Waals surface area contributed by atoms with Crippen molar-refractivity contribution in [2.24, 2.45) is 11.8 Å². The molecule has 4 unspecified atom stereocenters. The number of ketones is 1. The number of carbonyl (C=O) groups is 2. The van der Waals surface area contributed by atoms with Crippen LogP contribution in [-0.2, 0) is 23.8 Å². The van der Waals surface area contributed by atoms with E-state index in [1.165, 1.54) is 0 Å². The molecule has 5 atom stereocenters. The Labute approximate surface area is 238 Å². The maximum Gasteiger partial charge on any atom is 0.313 e. The van der Waals surface area contributed by atoms with Crippen molar-refractivity contribution in [1.29, 1.82) is 0 Å². The van der Waals surface area contributed by atoms with Gasteiger partial charge in [-0.3, -0.25) is 9.59 Å². The zero-order chi connectivity index (χ0) is 25.5. The number of halogens is 2. The van der Waals surface area contributed by atoms with Crippen molar-refractivity contribution >= 4 is 56.9 Å². The third-order valence-corrected chi connectivity index (χ3v) is 10.3. The van der Waals surface area contributed by atoms with Crippen LogP contribution in [-0.4, -0.2) is 69.1 Å². The van der Waals surface area contributed by atoms with Crippen LogP contribution in [0.4, 0.5) is 0 Å². The summed E-state index contributed by atoms with van der Waals surface area (Å²) in [5.41, 5.74) is 0.800. The van der Waals surface area contributed by atoms with E-state index in [2.05, 4.69) is 63.9 Å². The molecule has 2 fully saturated rings. The normalized spacial score (nSPS) is 31.7. The van der Waals surface area contributed by atoms with Crippen molar-refractivity contribution in [2.45, 2.75) is 105 Å². The fourth-order valence-corrected chi connectivity index (χ4v) is 9.03. The summed E-state index contributed by atoms with van der Waals surface area (Å²) < 4.78 is 18.7. The lowest BCUT2D eigenvalue weighted by Gasteiger charge is -2.37. The number of nitrogens with zero attached hydrogens (tertiary/aromatic N) is 1. The fourth-order valence-electron chi connectivity index (χ4n) is 5.59. The molecule has 0 aromatic carbocycles. The van der Waals surface area contributed by atoms with E-state index in [4.69, 9.17) is 14.2 Å². The van der Waals surface area contributed by atoms with Crippen molar-refractivity contribution in [3.05, 3.63) is 11.3 Å². The number of ether oxygens (including phenoxy) is 3. The van der Waals surface area contributed by atoms with Crippen molar-refractivity contribution in [3.63, 3.8) is 0 Å². The molecule has 1 heterocycles. The van der Waals surface area contributed by atoms with Gasteiger partial charge in [-0.1, -0.05) is 72.4 Å². The van der Waals surface area contributed by atoms with Crippen molar-refractivity contribution < 1.29 is 23.8 Å². The summed E-state index contributed by atoms with van der Waals surface area (Å²) in [7, 11) is 0. The van der Waals surface area contributed by atoms with Gasteiger partial charge in [0.2, 0.25) is 0 Å². The van der Waals surface area contributed by atoms with E-state index >= 15 is 0 Å². The first-order valence-electron chi connectivity index (χ1n) is 13.5. The standard InChI is InChI=1S/C27H43I2NO5/c1-5-17(4)34-24(31)16-23-25(19-10-8-9-11-22(19)35-23)26(32)18-14-20(28)27(21(29)15-18)33-13-12-30(6-2)7-3/h17-22,27H,5-16H2,1-4H3/t17-,18?,19?,20?,21?,22?,27?/m0/s1. The average molecular weight is 715 g/mol. The van der Waals surface area contributed by atoms with Gasteiger partial charge in [0.05, 0.1) is 18.8 Å². The highest BCUT2D eigenvalue weighted by Gasteiger charge is 2.46.